The second-order valence-electron chi connectivity index (χ2n) is 5.57. The molecule has 0 saturated carbocycles. The van der Waals surface area contributed by atoms with Crippen LogP contribution in [0.1, 0.15) is 28.9 Å². The first kappa shape index (κ1) is 16.4. The van der Waals surface area contributed by atoms with Crippen molar-refractivity contribution in [3.05, 3.63) is 46.1 Å². The summed E-state index contributed by atoms with van der Waals surface area (Å²) in [7, 11) is 0. The Hall–Kier alpha value is -3.41. The van der Waals surface area contributed by atoms with Crippen LogP contribution < -0.4 is 10.3 Å². The highest BCUT2D eigenvalue weighted by Gasteiger charge is 2.27. The molecule has 3 rings (SSSR count). The lowest BCUT2D eigenvalue weighted by molar-refractivity contribution is 0.0525. The third kappa shape index (κ3) is 3.74. The molecule has 9 heteroatoms. The highest BCUT2D eigenvalue weighted by Crippen LogP contribution is 2.20. The van der Waals surface area contributed by atoms with Crippen molar-refractivity contribution < 1.29 is 14.6 Å². The molecule has 1 unspecified atom stereocenters. The van der Waals surface area contributed by atoms with Crippen LogP contribution in [-0.4, -0.2) is 50.1 Å². The minimum atomic E-state index is -0.550. The number of rotatable bonds is 3. The molecule has 2 N–H and O–H groups in total. The lowest BCUT2D eigenvalue weighted by Gasteiger charge is -2.32. The van der Waals surface area contributed by atoms with E-state index in [0.29, 0.717) is 19.4 Å². The van der Waals surface area contributed by atoms with Gasteiger partial charge in [0.25, 0.3) is 17.3 Å². The smallest absolute Gasteiger partial charge is 0.254 e. The van der Waals surface area contributed by atoms with Gasteiger partial charge in [-0.15, -0.1) is 0 Å². The van der Waals surface area contributed by atoms with Crippen LogP contribution in [0.3, 0.4) is 0 Å². The Labute approximate surface area is 142 Å². The number of nitrogens with zero attached hydrogens (tertiary/aromatic N) is 4. The van der Waals surface area contributed by atoms with E-state index in [1.165, 1.54) is 18.5 Å². The van der Waals surface area contributed by atoms with E-state index in [1.807, 2.05) is 6.07 Å². The number of aromatic amines is 1. The molecule has 0 aromatic carbocycles. The molecule has 0 radical (unpaired) electrons. The Morgan fingerprint density at radius 2 is 2.20 bits per heavy atom. The van der Waals surface area contributed by atoms with Gasteiger partial charge in [0, 0.05) is 31.1 Å². The molecule has 1 saturated heterocycles. The summed E-state index contributed by atoms with van der Waals surface area (Å²) in [5, 5.41) is 18.5. The van der Waals surface area contributed by atoms with Gasteiger partial charge in [0.1, 0.15) is 12.2 Å². The van der Waals surface area contributed by atoms with Crippen LogP contribution in [0.25, 0.3) is 0 Å². The molecular weight excluding hydrogens is 326 g/mol. The van der Waals surface area contributed by atoms with Crippen LogP contribution >= 0.6 is 0 Å². The quantitative estimate of drug-likeness (QED) is 0.827. The first-order valence-corrected chi connectivity index (χ1v) is 7.67. The monoisotopic (exact) mass is 341 g/mol. The third-order valence-corrected chi connectivity index (χ3v) is 3.79. The van der Waals surface area contributed by atoms with Gasteiger partial charge in [0.15, 0.2) is 5.88 Å². The number of amides is 1. The Morgan fingerprint density at radius 1 is 1.40 bits per heavy atom. The Bertz CT molecular complexity index is 889. The lowest BCUT2D eigenvalue weighted by Crippen LogP contribution is -2.44. The first-order chi connectivity index (χ1) is 12.1. The molecule has 9 nitrogen and oxygen atoms in total. The predicted molar refractivity (Wildman–Crippen MR) is 85.0 cm³/mol. The zero-order valence-corrected chi connectivity index (χ0v) is 13.2. The summed E-state index contributed by atoms with van der Waals surface area (Å²) >= 11 is 0. The van der Waals surface area contributed by atoms with Crippen molar-refractivity contribution in [1.29, 1.82) is 5.26 Å². The number of aromatic nitrogens is 3. The molecule has 1 amide bonds. The van der Waals surface area contributed by atoms with Crippen LogP contribution in [0, 0.1) is 11.3 Å². The van der Waals surface area contributed by atoms with Crippen LogP contribution in [0.5, 0.6) is 11.8 Å². The maximum atomic E-state index is 12.6. The number of piperidine rings is 1. The average Bonchev–Trinajstić information content (AvgIpc) is 2.61. The predicted octanol–water partition coefficient (Wildman–Crippen LogP) is 0.426. The SMILES string of the molecule is N#Cc1nccnc1OC1CCCN(C(=O)c2cc(O)[nH]c(=O)c2)C1. The van der Waals surface area contributed by atoms with Gasteiger partial charge in [0.2, 0.25) is 5.69 Å². The fourth-order valence-electron chi connectivity index (χ4n) is 2.70. The number of hydrogen-bond donors (Lipinski definition) is 2. The number of aromatic hydroxyl groups is 1. The van der Waals surface area contributed by atoms with Crippen LogP contribution in [0.15, 0.2) is 29.3 Å². The molecule has 1 aliphatic heterocycles. The van der Waals surface area contributed by atoms with Crippen molar-refractivity contribution in [2.75, 3.05) is 13.1 Å². The largest absolute Gasteiger partial charge is 0.494 e. The zero-order valence-electron chi connectivity index (χ0n) is 13.2. The summed E-state index contributed by atoms with van der Waals surface area (Å²) < 4.78 is 5.73. The van der Waals surface area contributed by atoms with E-state index < -0.39 is 5.56 Å². The highest BCUT2D eigenvalue weighted by atomic mass is 16.5. The fourth-order valence-corrected chi connectivity index (χ4v) is 2.70. The molecule has 0 spiro atoms. The number of nitrogens with one attached hydrogen (secondary N) is 1. The van der Waals surface area contributed by atoms with Crippen LogP contribution in [-0.2, 0) is 0 Å². The van der Waals surface area contributed by atoms with Gasteiger partial charge < -0.3 is 14.7 Å². The van der Waals surface area contributed by atoms with Gasteiger partial charge in [-0.05, 0) is 12.8 Å². The first-order valence-electron chi connectivity index (χ1n) is 7.67. The molecule has 0 bridgehead atoms. The molecular formula is C16H15N5O4. The van der Waals surface area contributed by atoms with Crippen molar-refractivity contribution in [2.45, 2.75) is 18.9 Å². The standard InChI is InChI=1S/C16H15N5O4/c17-8-12-15(19-4-3-18-12)25-11-2-1-5-21(9-11)16(24)10-6-13(22)20-14(23)7-10/h3-4,6-7,11H,1-2,5,9H2,(H2,20,22,23). The van der Waals surface area contributed by atoms with E-state index in [2.05, 4.69) is 15.0 Å². The normalized spacial score (nSPS) is 16.9. The maximum Gasteiger partial charge on any atom is 0.254 e. The molecule has 1 fully saturated rings. The van der Waals surface area contributed by atoms with Crippen molar-refractivity contribution in [3.63, 3.8) is 0 Å². The van der Waals surface area contributed by atoms with Crippen LogP contribution in [0.4, 0.5) is 0 Å². The lowest BCUT2D eigenvalue weighted by atomic mass is 10.1. The number of nitriles is 1. The van der Waals surface area contributed by atoms with Crippen molar-refractivity contribution >= 4 is 5.91 Å². The number of ether oxygens (including phenoxy) is 1. The number of pyridine rings is 1. The Kier molecular flexibility index (Phi) is 4.61. The number of H-pyrrole nitrogens is 1. The molecule has 1 atom stereocenters. The molecule has 2 aromatic heterocycles. The van der Waals surface area contributed by atoms with Gasteiger partial charge >= 0.3 is 0 Å². The maximum absolute atomic E-state index is 12.6. The number of hydrogen-bond acceptors (Lipinski definition) is 7. The fraction of sp³-hybridized carbons (Fsp3) is 0.312. The molecule has 0 aliphatic carbocycles. The summed E-state index contributed by atoms with van der Waals surface area (Å²) in [5.41, 5.74) is -0.351. The molecule has 2 aromatic rings. The molecule has 25 heavy (non-hydrogen) atoms. The summed E-state index contributed by atoms with van der Waals surface area (Å²) in [6, 6.07) is 4.27. The Morgan fingerprint density at radius 3 is 2.96 bits per heavy atom. The van der Waals surface area contributed by atoms with E-state index in [9.17, 15) is 14.7 Å². The number of likely N-dealkylation sites (tertiary alicyclic amines) is 1. The van der Waals surface area contributed by atoms with Crippen molar-refractivity contribution in [3.8, 4) is 17.8 Å². The average molecular weight is 341 g/mol. The highest BCUT2D eigenvalue weighted by molar-refractivity contribution is 5.94. The van der Waals surface area contributed by atoms with Gasteiger partial charge in [-0.2, -0.15) is 5.26 Å². The van der Waals surface area contributed by atoms with Gasteiger partial charge in [-0.1, -0.05) is 0 Å². The van der Waals surface area contributed by atoms with E-state index >= 15 is 0 Å². The molecule has 128 valence electrons. The summed E-state index contributed by atoms with van der Waals surface area (Å²) in [5.74, 6) is -0.591. The number of carbonyl (C=O) groups excluding carboxylic acids is 1. The van der Waals surface area contributed by atoms with E-state index in [0.717, 1.165) is 6.07 Å². The minimum absolute atomic E-state index is 0.0884. The summed E-state index contributed by atoms with van der Waals surface area (Å²) in [6.45, 7) is 0.797. The topological polar surface area (TPSA) is 132 Å². The van der Waals surface area contributed by atoms with E-state index in [4.69, 9.17) is 10.00 Å². The summed E-state index contributed by atoms with van der Waals surface area (Å²) in [4.78, 5) is 35.6. The molecule has 3 heterocycles. The number of carbonyl (C=O) groups is 1. The summed E-state index contributed by atoms with van der Waals surface area (Å²) in [6.07, 6.45) is 3.90. The molecule has 1 aliphatic rings. The van der Waals surface area contributed by atoms with Crippen molar-refractivity contribution in [2.24, 2.45) is 0 Å². The van der Waals surface area contributed by atoms with Gasteiger partial charge in [-0.3, -0.25) is 14.6 Å². The second-order valence-corrected chi connectivity index (χ2v) is 5.57. The zero-order chi connectivity index (χ0) is 17.8. The van der Waals surface area contributed by atoms with Gasteiger partial charge in [0.05, 0.1) is 12.1 Å². The van der Waals surface area contributed by atoms with E-state index in [-0.39, 0.29) is 41.6 Å². The van der Waals surface area contributed by atoms with Gasteiger partial charge in [-0.25, -0.2) is 9.97 Å². The van der Waals surface area contributed by atoms with Crippen LogP contribution in [0.2, 0.25) is 0 Å². The minimum Gasteiger partial charge on any atom is -0.494 e. The second kappa shape index (κ2) is 7.00. The third-order valence-electron chi connectivity index (χ3n) is 3.79. The Balaban J connectivity index is 1.73. The van der Waals surface area contributed by atoms with Crippen molar-refractivity contribution in [1.82, 2.24) is 19.9 Å². The van der Waals surface area contributed by atoms with E-state index in [1.54, 1.807) is 4.90 Å².